The van der Waals surface area contributed by atoms with Gasteiger partial charge in [-0.15, -0.1) is 0 Å². The molecule has 0 aliphatic carbocycles. The summed E-state index contributed by atoms with van der Waals surface area (Å²) in [5.74, 6) is -0.519. The van der Waals surface area contributed by atoms with Gasteiger partial charge in [0.05, 0.1) is 5.69 Å². The summed E-state index contributed by atoms with van der Waals surface area (Å²) in [5.41, 5.74) is 1.88. The number of H-pyrrole nitrogens is 1. The van der Waals surface area contributed by atoms with Gasteiger partial charge in [-0.3, -0.25) is 9.69 Å². The van der Waals surface area contributed by atoms with Gasteiger partial charge in [-0.1, -0.05) is 12.1 Å². The van der Waals surface area contributed by atoms with E-state index < -0.39 is 17.6 Å². The van der Waals surface area contributed by atoms with Crippen molar-refractivity contribution in [2.45, 2.75) is 33.0 Å². The number of rotatable bonds is 3. The molecule has 0 amide bonds. The number of hydrogen-bond acceptors (Lipinski definition) is 4. The summed E-state index contributed by atoms with van der Waals surface area (Å²) in [7, 11) is 0. The van der Waals surface area contributed by atoms with Gasteiger partial charge in [0.2, 0.25) is 5.82 Å². The Hall–Kier alpha value is -2.35. The number of hydrogen-bond donors (Lipinski definition) is 1. The van der Waals surface area contributed by atoms with Crippen LogP contribution in [0.15, 0.2) is 23.0 Å². The molecule has 0 unspecified atom stereocenters. The summed E-state index contributed by atoms with van der Waals surface area (Å²) >= 11 is 0. The second kappa shape index (κ2) is 6.51. The van der Waals surface area contributed by atoms with Crippen LogP contribution >= 0.6 is 0 Å². The molecule has 8 heteroatoms. The number of aromatic amines is 1. The zero-order valence-corrected chi connectivity index (χ0v) is 13.9. The van der Waals surface area contributed by atoms with E-state index in [-0.39, 0.29) is 19.0 Å². The first-order valence-corrected chi connectivity index (χ1v) is 7.86. The Morgan fingerprint density at radius 1 is 1.32 bits per heavy atom. The molecular formula is C17H18F3N3O2. The molecule has 5 nitrogen and oxygen atoms in total. The van der Waals surface area contributed by atoms with Crippen LogP contribution in [0.25, 0.3) is 0 Å². The lowest BCUT2D eigenvalue weighted by Gasteiger charge is -2.28. The monoisotopic (exact) mass is 353 g/mol. The summed E-state index contributed by atoms with van der Waals surface area (Å²) in [6.07, 6.45) is -4.34. The molecule has 1 aromatic heterocycles. The second-order valence-electron chi connectivity index (χ2n) is 6.11. The smallest absolute Gasteiger partial charge is 0.449 e. The van der Waals surface area contributed by atoms with Crippen LogP contribution in [0.5, 0.6) is 5.75 Å². The predicted molar refractivity (Wildman–Crippen MR) is 85.4 cm³/mol. The van der Waals surface area contributed by atoms with Crippen molar-refractivity contribution in [3.05, 3.63) is 56.8 Å². The molecule has 0 fully saturated rings. The van der Waals surface area contributed by atoms with Crippen LogP contribution in [0.2, 0.25) is 0 Å². The molecule has 134 valence electrons. The van der Waals surface area contributed by atoms with E-state index >= 15 is 0 Å². The maximum atomic E-state index is 12.8. The Bertz CT molecular complexity index is 846. The van der Waals surface area contributed by atoms with E-state index in [1.807, 2.05) is 41.9 Å². The van der Waals surface area contributed by atoms with Gasteiger partial charge in [0.1, 0.15) is 12.5 Å². The van der Waals surface area contributed by atoms with Crippen molar-refractivity contribution in [1.29, 1.82) is 0 Å². The van der Waals surface area contributed by atoms with Crippen molar-refractivity contribution in [2.24, 2.45) is 0 Å². The van der Waals surface area contributed by atoms with Crippen LogP contribution in [0, 0.1) is 13.8 Å². The first-order valence-electron chi connectivity index (χ1n) is 7.86. The highest BCUT2D eigenvalue weighted by molar-refractivity contribution is 5.38. The fourth-order valence-electron chi connectivity index (χ4n) is 2.78. The van der Waals surface area contributed by atoms with Crippen LogP contribution in [0.3, 0.4) is 0 Å². The standard InChI is InChI=1S/C17H18F3N3O2/c1-10-4-3-5-14(11(10)2)25-9-23-7-6-12-13(8-23)21-16(17(18,19)20)22-15(12)24/h3-5H,6-9H2,1-2H3,(H,21,22,24). The first kappa shape index (κ1) is 17.5. The first-order chi connectivity index (χ1) is 11.8. The number of nitrogens with zero attached hydrogens (tertiary/aromatic N) is 2. The summed E-state index contributed by atoms with van der Waals surface area (Å²) in [4.78, 5) is 19.1. The van der Waals surface area contributed by atoms with E-state index in [4.69, 9.17) is 4.74 Å². The lowest BCUT2D eigenvalue weighted by Crippen LogP contribution is -2.38. The topological polar surface area (TPSA) is 58.2 Å². The number of aromatic nitrogens is 2. The highest BCUT2D eigenvalue weighted by Gasteiger charge is 2.36. The van der Waals surface area contributed by atoms with Crippen LogP contribution in [0.1, 0.15) is 28.2 Å². The highest BCUT2D eigenvalue weighted by atomic mass is 19.4. The fraction of sp³-hybridized carbons (Fsp3) is 0.412. The van der Waals surface area contributed by atoms with E-state index in [1.165, 1.54) is 0 Å². The average Bonchev–Trinajstić information content (AvgIpc) is 2.55. The number of alkyl halides is 3. The van der Waals surface area contributed by atoms with Crippen LogP contribution in [-0.4, -0.2) is 28.1 Å². The quantitative estimate of drug-likeness (QED) is 0.922. The predicted octanol–water partition coefficient (Wildman–Crippen LogP) is 2.80. The number of benzene rings is 1. The zero-order valence-electron chi connectivity index (χ0n) is 13.9. The number of fused-ring (bicyclic) bond motifs is 1. The van der Waals surface area contributed by atoms with E-state index in [0.29, 0.717) is 18.5 Å². The number of aryl methyl sites for hydroxylation is 1. The molecule has 0 atom stereocenters. The molecule has 1 aliphatic rings. The van der Waals surface area contributed by atoms with Crippen molar-refractivity contribution < 1.29 is 17.9 Å². The molecule has 2 aromatic rings. The third kappa shape index (κ3) is 3.68. The second-order valence-corrected chi connectivity index (χ2v) is 6.11. The third-order valence-corrected chi connectivity index (χ3v) is 4.38. The lowest BCUT2D eigenvalue weighted by atomic mass is 10.1. The molecule has 3 rings (SSSR count). The van der Waals surface area contributed by atoms with Gasteiger partial charge in [0.25, 0.3) is 5.56 Å². The lowest BCUT2D eigenvalue weighted by molar-refractivity contribution is -0.145. The molecule has 1 aromatic carbocycles. The van der Waals surface area contributed by atoms with E-state index in [9.17, 15) is 18.0 Å². The Morgan fingerprint density at radius 3 is 2.80 bits per heavy atom. The molecule has 0 radical (unpaired) electrons. The van der Waals surface area contributed by atoms with Crippen molar-refractivity contribution in [3.63, 3.8) is 0 Å². The zero-order chi connectivity index (χ0) is 18.2. The molecule has 1 N–H and O–H groups in total. The maximum absolute atomic E-state index is 12.8. The SMILES string of the molecule is Cc1cccc(OCN2CCc3c(nc(C(F)(F)F)[nH]c3=O)C2)c1C. The molecule has 1 aliphatic heterocycles. The van der Waals surface area contributed by atoms with E-state index in [1.54, 1.807) is 0 Å². The van der Waals surface area contributed by atoms with Gasteiger partial charge < -0.3 is 9.72 Å². The van der Waals surface area contributed by atoms with Gasteiger partial charge in [0.15, 0.2) is 0 Å². The number of halogens is 3. The highest BCUT2D eigenvalue weighted by Crippen LogP contribution is 2.27. The van der Waals surface area contributed by atoms with Crippen LogP contribution < -0.4 is 10.3 Å². The van der Waals surface area contributed by atoms with Crippen LogP contribution in [0.4, 0.5) is 13.2 Å². The molecule has 2 heterocycles. The van der Waals surface area contributed by atoms with Crippen molar-refractivity contribution in [3.8, 4) is 5.75 Å². The maximum Gasteiger partial charge on any atom is 0.449 e. The summed E-state index contributed by atoms with van der Waals surface area (Å²) in [6.45, 7) is 4.82. The van der Waals surface area contributed by atoms with Crippen LogP contribution in [-0.2, 0) is 19.1 Å². The third-order valence-electron chi connectivity index (χ3n) is 4.38. The molecule has 0 bridgehead atoms. The number of nitrogens with one attached hydrogen (secondary N) is 1. The van der Waals surface area contributed by atoms with E-state index in [0.717, 1.165) is 16.9 Å². The van der Waals surface area contributed by atoms with E-state index in [2.05, 4.69) is 4.98 Å². The van der Waals surface area contributed by atoms with Gasteiger partial charge in [-0.05, 0) is 37.5 Å². The largest absolute Gasteiger partial charge is 0.478 e. The Balaban J connectivity index is 1.75. The average molecular weight is 353 g/mol. The molecule has 0 spiro atoms. The summed E-state index contributed by atoms with van der Waals surface area (Å²) in [5, 5.41) is 0. The van der Waals surface area contributed by atoms with Gasteiger partial charge in [-0.25, -0.2) is 4.98 Å². The van der Waals surface area contributed by atoms with Crippen molar-refractivity contribution in [2.75, 3.05) is 13.3 Å². The number of ether oxygens (including phenoxy) is 1. The minimum atomic E-state index is -4.67. The van der Waals surface area contributed by atoms with Gasteiger partial charge >= 0.3 is 6.18 Å². The molecule has 25 heavy (non-hydrogen) atoms. The fourth-order valence-corrected chi connectivity index (χ4v) is 2.78. The van der Waals surface area contributed by atoms with Gasteiger partial charge in [0, 0.05) is 18.7 Å². The normalized spacial score (nSPS) is 15.1. The summed E-state index contributed by atoms with van der Waals surface area (Å²) < 4.78 is 44.2. The summed E-state index contributed by atoms with van der Waals surface area (Å²) in [6, 6.07) is 5.72. The minimum absolute atomic E-state index is 0.146. The molecular weight excluding hydrogens is 335 g/mol. The Labute approximate surface area is 142 Å². The Morgan fingerprint density at radius 2 is 2.08 bits per heavy atom. The molecule has 0 saturated heterocycles. The van der Waals surface area contributed by atoms with Crippen molar-refractivity contribution in [1.82, 2.24) is 14.9 Å². The van der Waals surface area contributed by atoms with Crippen molar-refractivity contribution >= 4 is 0 Å². The molecule has 0 saturated carbocycles. The van der Waals surface area contributed by atoms with Gasteiger partial charge in [-0.2, -0.15) is 13.2 Å². The minimum Gasteiger partial charge on any atom is -0.478 e. The Kier molecular flexibility index (Phi) is 4.55.